The number of rotatable bonds is 7. The van der Waals surface area contributed by atoms with Crippen molar-refractivity contribution in [1.29, 1.82) is 0 Å². The molecule has 2 heterocycles. The van der Waals surface area contributed by atoms with Crippen molar-refractivity contribution in [2.24, 2.45) is 5.41 Å². The van der Waals surface area contributed by atoms with E-state index < -0.39 is 17.4 Å². The van der Waals surface area contributed by atoms with Gasteiger partial charge in [0.1, 0.15) is 5.82 Å². The van der Waals surface area contributed by atoms with Crippen molar-refractivity contribution in [3.63, 3.8) is 0 Å². The molecule has 0 aliphatic carbocycles. The average molecular weight is 433 g/mol. The molecule has 0 saturated carbocycles. The van der Waals surface area contributed by atoms with E-state index in [1.165, 1.54) is 19.2 Å². The van der Waals surface area contributed by atoms with E-state index in [0.717, 1.165) is 12.0 Å². The van der Waals surface area contributed by atoms with Crippen LogP contribution in [-0.2, 0) is 25.7 Å². The molecule has 31 heavy (non-hydrogen) atoms. The second-order valence-electron chi connectivity index (χ2n) is 9.30. The number of carbonyl (C=O) groups is 3. The molecule has 7 heteroatoms. The summed E-state index contributed by atoms with van der Waals surface area (Å²) >= 11 is 0. The standard InChI is InChI=1S/C24H33FN2O4/c1-15(2)27(16(3)4)22(29)13-24(23(30)31-5)20-11-10-19(12-21(24)28)26(20)14-17-6-8-18(25)9-7-17/h6-9,15-16,19-20H,10-14H2,1-5H3/t19-,20-,24-/m1/s1. The number of hydrogen-bond acceptors (Lipinski definition) is 5. The van der Waals surface area contributed by atoms with E-state index in [1.54, 1.807) is 17.0 Å². The number of methoxy groups -OCH3 is 1. The highest BCUT2D eigenvalue weighted by atomic mass is 19.1. The molecule has 0 spiro atoms. The van der Waals surface area contributed by atoms with Crippen LogP contribution < -0.4 is 0 Å². The van der Waals surface area contributed by atoms with Crippen LogP contribution in [0.15, 0.2) is 24.3 Å². The van der Waals surface area contributed by atoms with Gasteiger partial charge in [0.25, 0.3) is 0 Å². The number of ketones is 1. The van der Waals surface area contributed by atoms with Crippen LogP contribution in [0.4, 0.5) is 4.39 Å². The number of carbonyl (C=O) groups excluding carboxylic acids is 3. The Kier molecular flexibility index (Phi) is 6.84. The van der Waals surface area contributed by atoms with Crippen LogP contribution in [-0.4, -0.2) is 58.7 Å². The minimum Gasteiger partial charge on any atom is -0.468 e. The number of amides is 1. The number of Topliss-reactive ketones (excluding diaryl/α,β-unsaturated/α-hetero) is 1. The van der Waals surface area contributed by atoms with Crippen LogP contribution in [0, 0.1) is 11.2 Å². The van der Waals surface area contributed by atoms with Crippen LogP contribution in [0.2, 0.25) is 0 Å². The normalized spacial score (nSPS) is 25.9. The fourth-order valence-corrected chi connectivity index (χ4v) is 5.53. The molecule has 0 unspecified atom stereocenters. The van der Waals surface area contributed by atoms with Crippen molar-refractivity contribution in [2.45, 2.75) is 84.1 Å². The maximum absolute atomic E-state index is 13.4. The van der Waals surface area contributed by atoms with E-state index >= 15 is 0 Å². The van der Waals surface area contributed by atoms with Gasteiger partial charge >= 0.3 is 5.97 Å². The van der Waals surface area contributed by atoms with Gasteiger partial charge < -0.3 is 9.64 Å². The Balaban J connectivity index is 1.97. The lowest BCUT2D eigenvalue weighted by atomic mass is 9.69. The van der Waals surface area contributed by atoms with E-state index in [9.17, 15) is 18.8 Å². The molecule has 3 atom stereocenters. The van der Waals surface area contributed by atoms with Crippen molar-refractivity contribution >= 4 is 17.7 Å². The van der Waals surface area contributed by atoms with Gasteiger partial charge in [0.15, 0.2) is 11.2 Å². The van der Waals surface area contributed by atoms with E-state index in [-0.39, 0.29) is 48.5 Å². The molecule has 0 aromatic heterocycles. The number of hydrogen-bond donors (Lipinski definition) is 0. The van der Waals surface area contributed by atoms with Gasteiger partial charge in [-0.1, -0.05) is 12.1 Å². The minimum atomic E-state index is -1.51. The van der Waals surface area contributed by atoms with Crippen LogP contribution in [0.25, 0.3) is 0 Å². The molecule has 2 bridgehead atoms. The molecule has 1 amide bonds. The first-order chi connectivity index (χ1) is 14.6. The molecule has 170 valence electrons. The third kappa shape index (κ3) is 4.25. The monoisotopic (exact) mass is 432 g/mol. The highest BCUT2D eigenvalue weighted by molar-refractivity contribution is 6.08. The summed E-state index contributed by atoms with van der Waals surface area (Å²) in [5.41, 5.74) is -0.607. The van der Waals surface area contributed by atoms with Gasteiger partial charge in [0.2, 0.25) is 5.91 Å². The third-order valence-corrected chi connectivity index (χ3v) is 6.79. The Morgan fingerprint density at radius 3 is 2.32 bits per heavy atom. The SMILES string of the molecule is COC(=O)[C@@]1(CC(=O)N(C(C)C)C(C)C)C(=O)C[C@H]2CC[C@H]1N2Cc1ccc(F)cc1. The Morgan fingerprint density at radius 2 is 1.77 bits per heavy atom. The first kappa shape index (κ1) is 23.4. The summed E-state index contributed by atoms with van der Waals surface area (Å²) in [5, 5.41) is 0. The third-order valence-electron chi connectivity index (χ3n) is 6.79. The quantitative estimate of drug-likeness (QED) is 0.488. The van der Waals surface area contributed by atoms with Crippen molar-refractivity contribution in [3.8, 4) is 0 Å². The zero-order valence-electron chi connectivity index (χ0n) is 19.1. The molecule has 2 fully saturated rings. The number of fused-ring (bicyclic) bond motifs is 2. The van der Waals surface area contributed by atoms with Gasteiger partial charge in [-0.3, -0.25) is 19.3 Å². The summed E-state index contributed by atoms with van der Waals surface area (Å²) in [6.07, 6.45) is 1.45. The van der Waals surface area contributed by atoms with Crippen LogP contribution >= 0.6 is 0 Å². The van der Waals surface area contributed by atoms with Crippen molar-refractivity contribution in [1.82, 2.24) is 9.80 Å². The van der Waals surface area contributed by atoms with Gasteiger partial charge in [-0.2, -0.15) is 0 Å². The zero-order valence-corrected chi connectivity index (χ0v) is 19.1. The molecule has 1 aromatic rings. The van der Waals surface area contributed by atoms with Crippen LogP contribution in [0.3, 0.4) is 0 Å². The van der Waals surface area contributed by atoms with Gasteiger partial charge in [-0.25, -0.2) is 4.39 Å². The molecule has 2 aliphatic heterocycles. The lowest BCUT2D eigenvalue weighted by Gasteiger charge is -2.46. The molecule has 6 nitrogen and oxygen atoms in total. The summed E-state index contributed by atoms with van der Waals surface area (Å²) in [7, 11) is 1.27. The molecular formula is C24H33FN2O4. The number of halogens is 1. The number of nitrogens with zero attached hydrogens (tertiary/aromatic N) is 2. The Labute approximate surface area is 183 Å². The lowest BCUT2D eigenvalue weighted by molar-refractivity contribution is -0.171. The summed E-state index contributed by atoms with van der Waals surface area (Å²) in [6.45, 7) is 8.21. The fraction of sp³-hybridized carbons (Fsp3) is 0.625. The van der Waals surface area contributed by atoms with E-state index in [1.807, 2.05) is 27.7 Å². The zero-order chi connectivity index (χ0) is 22.9. The highest BCUT2D eigenvalue weighted by Gasteiger charge is 2.62. The first-order valence-corrected chi connectivity index (χ1v) is 11.0. The van der Waals surface area contributed by atoms with Gasteiger partial charge in [-0.05, 0) is 58.2 Å². The number of benzene rings is 1. The lowest BCUT2D eigenvalue weighted by Crippen LogP contribution is -2.62. The van der Waals surface area contributed by atoms with Gasteiger partial charge in [-0.15, -0.1) is 0 Å². The molecule has 2 aliphatic rings. The molecule has 1 aromatic carbocycles. The largest absolute Gasteiger partial charge is 0.468 e. The van der Waals surface area contributed by atoms with E-state index in [0.29, 0.717) is 13.0 Å². The van der Waals surface area contributed by atoms with Crippen molar-refractivity contribution in [2.75, 3.05) is 7.11 Å². The molecule has 2 saturated heterocycles. The Hall–Kier alpha value is -2.28. The number of ether oxygens (including phenoxy) is 1. The average Bonchev–Trinajstić information content (AvgIpc) is 3.01. The molecular weight excluding hydrogens is 399 g/mol. The Morgan fingerprint density at radius 1 is 1.16 bits per heavy atom. The van der Waals surface area contributed by atoms with Gasteiger partial charge in [0, 0.05) is 37.1 Å². The predicted octanol–water partition coefficient (Wildman–Crippen LogP) is 3.33. The fourth-order valence-electron chi connectivity index (χ4n) is 5.53. The Bertz CT molecular complexity index is 830. The van der Waals surface area contributed by atoms with Crippen molar-refractivity contribution in [3.05, 3.63) is 35.6 Å². The van der Waals surface area contributed by atoms with Crippen LogP contribution in [0.1, 0.15) is 58.9 Å². The maximum atomic E-state index is 13.4. The topological polar surface area (TPSA) is 66.9 Å². The van der Waals surface area contributed by atoms with Crippen LogP contribution in [0.5, 0.6) is 0 Å². The first-order valence-electron chi connectivity index (χ1n) is 11.0. The molecule has 0 radical (unpaired) electrons. The minimum absolute atomic E-state index is 0.0155. The summed E-state index contributed by atoms with van der Waals surface area (Å²) < 4.78 is 18.5. The number of piperidine rings is 1. The molecule has 3 rings (SSSR count). The highest BCUT2D eigenvalue weighted by Crippen LogP contribution is 2.48. The predicted molar refractivity (Wildman–Crippen MR) is 115 cm³/mol. The maximum Gasteiger partial charge on any atom is 0.321 e. The smallest absolute Gasteiger partial charge is 0.321 e. The number of esters is 1. The summed E-state index contributed by atoms with van der Waals surface area (Å²) in [6, 6.07) is 5.76. The second-order valence-corrected chi connectivity index (χ2v) is 9.30. The molecule has 0 N–H and O–H groups in total. The van der Waals surface area contributed by atoms with Gasteiger partial charge in [0.05, 0.1) is 13.5 Å². The summed E-state index contributed by atoms with van der Waals surface area (Å²) in [4.78, 5) is 43.7. The summed E-state index contributed by atoms with van der Waals surface area (Å²) in [5.74, 6) is -1.36. The van der Waals surface area contributed by atoms with E-state index in [4.69, 9.17) is 4.74 Å². The second kappa shape index (κ2) is 9.07. The van der Waals surface area contributed by atoms with E-state index in [2.05, 4.69) is 4.90 Å². The van der Waals surface area contributed by atoms with Crippen molar-refractivity contribution < 1.29 is 23.5 Å².